The molecule has 0 spiro atoms. The van der Waals surface area contributed by atoms with Crippen molar-refractivity contribution in [2.75, 3.05) is 0 Å². The molecule has 2 heterocycles. The highest BCUT2D eigenvalue weighted by Gasteiger charge is 2.71. The summed E-state index contributed by atoms with van der Waals surface area (Å²) in [4.78, 5) is 4.89. The Bertz CT molecular complexity index is 1300. The highest BCUT2D eigenvalue weighted by molar-refractivity contribution is 7.19. The molecule has 33 heavy (non-hydrogen) atoms. The van der Waals surface area contributed by atoms with Gasteiger partial charge in [-0.2, -0.15) is 26.3 Å². The van der Waals surface area contributed by atoms with Crippen LogP contribution < -0.4 is 0 Å². The first-order valence-electron chi connectivity index (χ1n) is 9.49. The highest BCUT2D eigenvalue weighted by atomic mass is 35.5. The second-order valence-corrected chi connectivity index (χ2v) is 8.88. The molecule has 10 heteroatoms. The molecule has 0 fully saturated rings. The smallest absolute Gasteiger partial charge is 0.369 e. The van der Waals surface area contributed by atoms with Crippen molar-refractivity contribution < 1.29 is 31.4 Å². The number of rotatable bonds is 4. The van der Waals surface area contributed by atoms with Gasteiger partial charge in [0.25, 0.3) is 5.60 Å². The number of nitrogens with zero attached hydrogens (tertiary/aromatic N) is 1. The summed E-state index contributed by atoms with van der Waals surface area (Å²) in [6.45, 7) is 0. The van der Waals surface area contributed by atoms with E-state index in [1.807, 2.05) is 18.2 Å². The quantitative estimate of drug-likeness (QED) is 0.293. The van der Waals surface area contributed by atoms with Crippen LogP contribution in [0.1, 0.15) is 16.0 Å². The largest absolute Gasteiger partial charge is 0.430 e. The number of fused-ring (bicyclic) bond motifs is 1. The zero-order valence-electron chi connectivity index (χ0n) is 16.5. The van der Waals surface area contributed by atoms with Gasteiger partial charge in [-0.3, -0.25) is 4.98 Å². The molecule has 0 bridgehead atoms. The Morgan fingerprint density at radius 3 is 2.24 bits per heavy atom. The Morgan fingerprint density at radius 2 is 1.58 bits per heavy atom. The van der Waals surface area contributed by atoms with Gasteiger partial charge in [0.05, 0.1) is 5.69 Å². The molecule has 4 rings (SSSR count). The molecule has 0 aliphatic heterocycles. The van der Waals surface area contributed by atoms with Crippen molar-refractivity contribution in [2.45, 2.75) is 24.4 Å². The van der Waals surface area contributed by atoms with Crippen molar-refractivity contribution in [1.82, 2.24) is 4.98 Å². The Balaban J connectivity index is 1.80. The number of halogens is 7. The first kappa shape index (κ1) is 23.5. The topological polar surface area (TPSA) is 33.1 Å². The summed E-state index contributed by atoms with van der Waals surface area (Å²) in [7, 11) is 0. The van der Waals surface area contributed by atoms with Crippen molar-refractivity contribution >= 4 is 33.0 Å². The molecule has 0 saturated heterocycles. The summed E-state index contributed by atoms with van der Waals surface area (Å²) in [5.74, 6) is 0. The summed E-state index contributed by atoms with van der Waals surface area (Å²) in [6.07, 6.45) is -10.6. The van der Waals surface area contributed by atoms with Gasteiger partial charge in [-0.1, -0.05) is 48.0 Å². The fourth-order valence-electron chi connectivity index (χ4n) is 3.53. The van der Waals surface area contributed by atoms with Gasteiger partial charge in [0.15, 0.2) is 0 Å². The maximum Gasteiger partial charge on any atom is 0.430 e. The van der Waals surface area contributed by atoms with Crippen LogP contribution in [0, 0.1) is 0 Å². The average Bonchev–Trinajstić information content (AvgIpc) is 3.16. The van der Waals surface area contributed by atoms with E-state index in [-0.39, 0.29) is 5.69 Å². The van der Waals surface area contributed by atoms with Gasteiger partial charge in [-0.15, -0.1) is 11.3 Å². The molecule has 2 aromatic carbocycles. The number of hydrogen-bond donors (Lipinski definition) is 1. The van der Waals surface area contributed by atoms with Crippen LogP contribution in [0.4, 0.5) is 26.3 Å². The number of benzene rings is 2. The van der Waals surface area contributed by atoms with E-state index in [0.717, 1.165) is 22.0 Å². The number of thiophene rings is 1. The predicted molar refractivity (Wildman–Crippen MR) is 115 cm³/mol. The normalized spacial score (nSPS) is 13.0. The molecule has 0 aliphatic carbocycles. The van der Waals surface area contributed by atoms with Crippen LogP contribution in [-0.4, -0.2) is 22.4 Å². The van der Waals surface area contributed by atoms with E-state index in [9.17, 15) is 31.4 Å². The fourth-order valence-corrected chi connectivity index (χ4v) is 4.93. The standard InChI is InChI=1S/C23H14ClF6NOS/c24-18-7-2-1-4-13(18)10-16-11-14-5-3-6-17(20(14)33-16)19-12-15(8-9-31-19)21(32,22(25,26)27)23(28,29)30/h1-9,11-12,32H,10H2. The lowest BCUT2D eigenvalue weighted by atomic mass is 9.91. The van der Waals surface area contributed by atoms with Crippen LogP contribution in [-0.2, 0) is 12.0 Å². The van der Waals surface area contributed by atoms with Crippen molar-refractivity contribution in [2.24, 2.45) is 0 Å². The van der Waals surface area contributed by atoms with Gasteiger partial charge in [-0.05, 0) is 35.2 Å². The minimum absolute atomic E-state index is 0.115. The number of aliphatic hydroxyl groups is 1. The Labute approximate surface area is 193 Å². The van der Waals surface area contributed by atoms with Crippen molar-refractivity contribution in [3.05, 3.63) is 87.9 Å². The predicted octanol–water partition coefficient (Wildman–Crippen LogP) is 7.52. The summed E-state index contributed by atoms with van der Waals surface area (Å²) in [5.41, 5.74) is -5.24. The lowest BCUT2D eigenvalue weighted by molar-refractivity contribution is -0.376. The monoisotopic (exact) mass is 501 g/mol. The molecule has 0 aliphatic rings. The van der Waals surface area contributed by atoms with Gasteiger partial charge in [0.2, 0.25) is 0 Å². The maximum atomic E-state index is 13.3. The maximum absolute atomic E-state index is 13.3. The average molecular weight is 502 g/mol. The highest BCUT2D eigenvalue weighted by Crippen LogP contribution is 2.50. The zero-order chi connectivity index (χ0) is 24.0. The van der Waals surface area contributed by atoms with E-state index in [1.165, 1.54) is 11.3 Å². The van der Waals surface area contributed by atoms with Crippen LogP contribution in [0.2, 0.25) is 5.02 Å². The van der Waals surface area contributed by atoms with E-state index >= 15 is 0 Å². The first-order chi connectivity index (χ1) is 15.4. The molecule has 1 N–H and O–H groups in total. The minimum atomic E-state index is -5.97. The van der Waals surface area contributed by atoms with Crippen molar-refractivity contribution in [3.8, 4) is 11.3 Å². The molecule has 0 saturated carbocycles. The summed E-state index contributed by atoms with van der Waals surface area (Å²) in [6, 6.07) is 15.3. The van der Waals surface area contributed by atoms with Crippen LogP contribution in [0.3, 0.4) is 0 Å². The molecular formula is C23H14ClF6NOS. The van der Waals surface area contributed by atoms with Crippen LogP contribution in [0.25, 0.3) is 21.3 Å². The van der Waals surface area contributed by atoms with Crippen LogP contribution >= 0.6 is 22.9 Å². The molecule has 2 aromatic heterocycles. The molecule has 172 valence electrons. The lowest BCUT2D eigenvalue weighted by Crippen LogP contribution is -2.53. The van der Waals surface area contributed by atoms with Gasteiger partial charge in [-0.25, -0.2) is 0 Å². The van der Waals surface area contributed by atoms with E-state index < -0.39 is 23.5 Å². The molecular weight excluding hydrogens is 488 g/mol. The Morgan fingerprint density at radius 1 is 0.879 bits per heavy atom. The fraction of sp³-hybridized carbons (Fsp3) is 0.174. The number of hydrogen-bond acceptors (Lipinski definition) is 3. The summed E-state index contributed by atoms with van der Waals surface area (Å²) >= 11 is 7.56. The third-order valence-electron chi connectivity index (χ3n) is 5.19. The number of aromatic nitrogens is 1. The van der Waals surface area contributed by atoms with Crippen molar-refractivity contribution in [1.29, 1.82) is 0 Å². The molecule has 0 atom stereocenters. The first-order valence-corrected chi connectivity index (χ1v) is 10.7. The SMILES string of the molecule is OC(c1ccnc(-c2cccc3cc(Cc4ccccc4Cl)sc23)c1)(C(F)(F)F)C(F)(F)F. The molecule has 0 amide bonds. The second kappa shape index (κ2) is 8.30. The number of alkyl halides is 6. The second-order valence-electron chi connectivity index (χ2n) is 7.34. The minimum Gasteiger partial charge on any atom is -0.369 e. The number of pyridine rings is 1. The molecule has 4 aromatic rings. The van der Waals surface area contributed by atoms with Gasteiger partial charge >= 0.3 is 12.4 Å². The molecule has 2 nitrogen and oxygen atoms in total. The van der Waals surface area contributed by atoms with E-state index in [1.54, 1.807) is 30.3 Å². The molecule has 0 radical (unpaired) electrons. The van der Waals surface area contributed by atoms with Gasteiger partial charge in [0, 0.05) is 38.3 Å². The lowest BCUT2D eigenvalue weighted by Gasteiger charge is -2.32. The van der Waals surface area contributed by atoms with E-state index in [2.05, 4.69) is 4.98 Å². The van der Waals surface area contributed by atoms with Gasteiger partial charge < -0.3 is 5.11 Å². The third kappa shape index (κ3) is 4.20. The Hall–Kier alpha value is -2.62. The summed E-state index contributed by atoms with van der Waals surface area (Å²) in [5, 5.41) is 11.1. The summed E-state index contributed by atoms with van der Waals surface area (Å²) < 4.78 is 80.5. The van der Waals surface area contributed by atoms with Gasteiger partial charge in [0.1, 0.15) is 0 Å². The zero-order valence-corrected chi connectivity index (χ0v) is 18.1. The Kier molecular flexibility index (Phi) is 5.92. The van der Waals surface area contributed by atoms with Crippen LogP contribution in [0.5, 0.6) is 0 Å². The van der Waals surface area contributed by atoms with Crippen molar-refractivity contribution in [3.63, 3.8) is 0 Å². The van der Waals surface area contributed by atoms with E-state index in [4.69, 9.17) is 11.6 Å². The van der Waals surface area contributed by atoms with E-state index in [0.29, 0.717) is 33.8 Å². The molecule has 0 unspecified atom stereocenters. The van der Waals surface area contributed by atoms with Crippen LogP contribution in [0.15, 0.2) is 66.9 Å². The third-order valence-corrected chi connectivity index (χ3v) is 6.74.